The summed E-state index contributed by atoms with van der Waals surface area (Å²) >= 11 is 12.6. The number of hydrogen-bond acceptors (Lipinski definition) is 7. The Morgan fingerprint density at radius 2 is 1.67 bits per heavy atom. The molecule has 4 aliphatic rings. The van der Waals surface area contributed by atoms with Crippen molar-refractivity contribution in [2.45, 2.75) is 30.4 Å². The lowest BCUT2D eigenvalue weighted by Crippen LogP contribution is -2.53. The predicted molar refractivity (Wildman–Crippen MR) is 180 cm³/mol. The normalized spacial score (nSPS) is 27.4. The van der Waals surface area contributed by atoms with Crippen molar-refractivity contribution in [1.29, 1.82) is 0 Å². The molecule has 2 saturated heterocycles. The van der Waals surface area contributed by atoms with E-state index in [4.69, 9.17) is 23.2 Å². The first-order chi connectivity index (χ1) is 24.2. The van der Waals surface area contributed by atoms with Crippen molar-refractivity contribution >= 4 is 63.4 Å². The second-order valence-corrected chi connectivity index (χ2v) is 14.2. The van der Waals surface area contributed by atoms with E-state index in [2.05, 4.69) is 10.4 Å². The average molecular weight is 736 g/mol. The highest BCUT2D eigenvalue weighted by Crippen LogP contribution is 2.65. The number of halogens is 5. The molecule has 2 aliphatic carbocycles. The Hall–Kier alpha value is -4.94. The number of hydrazine groups is 1. The minimum Gasteiger partial charge on any atom is -0.508 e. The van der Waals surface area contributed by atoms with Crippen molar-refractivity contribution in [1.82, 2.24) is 14.9 Å². The molecule has 51 heavy (non-hydrogen) atoms. The molecule has 6 atom stereocenters. The van der Waals surface area contributed by atoms with Crippen molar-refractivity contribution in [3.05, 3.63) is 111 Å². The number of imide groups is 2. The Kier molecular flexibility index (Phi) is 7.52. The molecule has 4 amide bonds. The largest absolute Gasteiger partial charge is 0.508 e. The number of pyridine rings is 1. The van der Waals surface area contributed by atoms with Crippen LogP contribution in [0.2, 0.25) is 10.0 Å². The molecular weight excluding hydrogens is 708 g/mol. The summed E-state index contributed by atoms with van der Waals surface area (Å²) in [6.45, 7) is 0. The number of nitrogens with one attached hydrogen (secondary N) is 1. The lowest BCUT2D eigenvalue weighted by Gasteiger charge is -2.51. The Labute approximate surface area is 298 Å². The zero-order chi connectivity index (χ0) is 36.1. The van der Waals surface area contributed by atoms with Gasteiger partial charge in [-0.15, -0.1) is 0 Å². The molecular formula is C37H27Cl2F3N4O5. The number of alkyl halides is 3. The molecule has 8 rings (SSSR count). The SMILES string of the molecule is CN1C(=O)[C@H]2[C@H](CC=C3[C@H]2C[C@H]2C(=O)N(Nc4ncc(C(F)(F)F)cc4Cl)C(=O)[C@@]2(c2ccc(Cl)cc2)[C@H]3c2c(O)ccc3ccccc23)C1=O. The van der Waals surface area contributed by atoms with Crippen LogP contribution in [0.25, 0.3) is 10.8 Å². The van der Waals surface area contributed by atoms with Crippen molar-refractivity contribution in [3.63, 3.8) is 0 Å². The average Bonchev–Trinajstić information content (AvgIpc) is 3.45. The fourth-order valence-electron chi connectivity index (χ4n) is 8.84. The summed E-state index contributed by atoms with van der Waals surface area (Å²) < 4.78 is 40.3. The fraction of sp³-hybridized carbons (Fsp3) is 0.270. The number of carbonyl (C=O) groups is 4. The van der Waals surface area contributed by atoms with Crippen molar-refractivity contribution in [2.75, 3.05) is 12.5 Å². The van der Waals surface area contributed by atoms with Gasteiger partial charge in [-0.05, 0) is 59.4 Å². The summed E-state index contributed by atoms with van der Waals surface area (Å²) in [5.74, 6) is -7.18. The summed E-state index contributed by atoms with van der Waals surface area (Å²) in [4.78, 5) is 62.0. The van der Waals surface area contributed by atoms with Gasteiger partial charge in [0, 0.05) is 29.7 Å². The number of rotatable bonds is 4. The van der Waals surface area contributed by atoms with Crippen LogP contribution in [0.1, 0.15) is 35.4 Å². The van der Waals surface area contributed by atoms with Crippen LogP contribution < -0.4 is 5.43 Å². The molecule has 0 spiro atoms. The number of phenols is 1. The van der Waals surface area contributed by atoms with Gasteiger partial charge in [0.2, 0.25) is 11.8 Å². The highest BCUT2D eigenvalue weighted by atomic mass is 35.5. The Balaban J connectivity index is 1.39. The van der Waals surface area contributed by atoms with Gasteiger partial charge in [0.1, 0.15) is 5.75 Å². The number of nitrogens with zero attached hydrogens (tertiary/aromatic N) is 3. The number of likely N-dealkylation sites (tertiary alicyclic amines) is 1. The van der Waals surface area contributed by atoms with Gasteiger partial charge < -0.3 is 5.11 Å². The third kappa shape index (κ3) is 4.72. The first-order valence-electron chi connectivity index (χ1n) is 16.1. The molecule has 3 aromatic carbocycles. The number of hydrogen-bond donors (Lipinski definition) is 2. The highest BCUT2D eigenvalue weighted by molar-refractivity contribution is 6.33. The molecule has 4 aromatic rings. The Morgan fingerprint density at radius 1 is 0.941 bits per heavy atom. The topological polar surface area (TPSA) is 120 Å². The van der Waals surface area contributed by atoms with E-state index in [-0.39, 0.29) is 30.3 Å². The van der Waals surface area contributed by atoms with Crippen LogP contribution in [0.4, 0.5) is 19.0 Å². The van der Waals surface area contributed by atoms with Crippen molar-refractivity contribution in [2.24, 2.45) is 23.7 Å². The predicted octanol–water partition coefficient (Wildman–Crippen LogP) is 6.88. The van der Waals surface area contributed by atoms with E-state index < -0.39 is 69.5 Å². The molecule has 1 saturated carbocycles. The van der Waals surface area contributed by atoms with E-state index in [0.29, 0.717) is 39.4 Å². The second kappa shape index (κ2) is 11.5. The van der Waals surface area contributed by atoms with Gasteiger partial charge in [0.25, 0.3) is 11.8 Å². The smallest absolute Gasteiger partial charge is 0.417 e. The van der Waals surface area contributed by atoms with Crippen LogP contribution in [0.5, 0.6) is 5.75 Å². The van der Waals surface area contributed by atoms with Gasteiger partial charge in [0.15, 0.2) is 5.82 Å². The summed E-state index contributed by atoms with van der Waals surface area (Å²) in [6.07, 6.45) is -2.18. The number of amides is 4. The van der Waals surface area contributed by atoms with Crippen LogP contribution >= 0.6 is 23.2 Å². The lowest BCUT2D eigenvalue weighted by molar-refractivity contribution is -0.140. The van der Waals surface area contributed by atoms with Crippen LogP contribution in [0.3, 0.4) is 0 Å². The maximum Gasteiger partial charge on any atom is 0.417 e. The molecule has 260 valence electrons. The summed E-state index contributed by atoms with van der Waals surface area (Å²) in [6, 6.07) is 17.6. The number of aromatic hydroxyl groups is 1. The lowest BCUT2D eigenvalue weighted by atomic mass is 9.48. The minimum atomic E-state index is -4.75. The van der Waals surface area contributed by atoms with Crippen molar-refractivity contribution < 1.29 is 37.5 Å². The fourth-order valence-corrected chi connectivity index (χ4v) is 9.18. The van der Waals surface area contributed by atoms with Gasteiger partial charge in [-0.1, -0.05) is 77.3 Å². The highest BCUT2D eigenvalue weighted by Gasteiger charge is 2.70. The molecule has 9 nitrogen and oxygen atoms in total. The van der Waals surface area contributed by atoms with Gasteiger partial charge in [-0.25, -0.2) is 4.98 Å². The summed E-state index contributed by atoms with van der Waals surface area (Å²) in [5.41, 5.74) is 1.07. The summed E-state index contributed by atoms with van der Waals surface area (Å²) in [7, 11) is 1.42. The minimum absolute atomic E-state index is 0.0263. The van der Waals surface area contributed by atoms with Crippen LogP contribution in [0.15, 0.2) is 84.6 Å². The van der Waals surface area contributed by atoms with E-state index >= 15 is 4.79 Å². The van der Waals surface area contributed by atoms with Crippen LogP contribution in [-0.4, -0.2) is 50.7 Å². The first-order valence-corrected chi connectivity index (χ1v) is 16.9. The van der Waals surface area contributed by atoms with E-state index in [1.807, 2.05) is 18.2 Å². The molecule has 0 bridgehead atoms. The van der Waals surface area contributed by atoms with Crippen molar-refractivity contribution in [3.8, 4) is 5.75 Å². The molecule has 3 heterocycles. The van der Waals surface area contributed by atoms with Gasteiger partial charge in [-0.3, -0.25) is 29.5 Å². The monoisotopic (exact) mass is 734 g/mol. The zero-order valence-corrected chi connectivity index (χ0v) is 28.1. The van der Waals surface area contributed by atoms with Crippen LogP contribution in [-0.2, 0) is 30.8 Å². The number of anilines is 1. The standard InChI is InChI=1S/C37H27Cl2F3N4O5/c1-45-32(48)23-12-11-22-24(28(23)34(45)50)15-25-33(49)46(44-31-26(39)14-19(16-43-31)37(40,41)42)35(51)36(25,18-7-9-20(38)10-8-18)30(22)29-21-5-3-2-4-17(21)6-13-27(29)47/h2-11,13-14,16,23-25,28,30,47H,12,15H2,1H3,(H,43,44)/t23-,24+,25-,28-,30+,36+/m0/s1. The molecule has 2 aliphatic heterocycles. The molecule has 3 fully saturated rings. The van der Waals surface area contributed by atoms with E-state index in [1.165, 1.54) is 13.1 Å². The summed E-state index contributed by atoms with van der Waals surface area (Å²) in [5, 5.41) is 13.7. The quantitative estimate of drug-likeness (QED) is 0.173. The number of carbonyl (C=O) groups excluding carboxylic acids is 4. The third-order valence-electron chi connectivity index (χ3n) is 11.0. The van der Waals surface area contributed by atoms with Gasteiger partial charge in [-0.2, -0.15) is 18.2 Å². The maximum absolute atomic E-state index is 15.3. The number of aromatic nitrogens is 1. The van der Waals surface area contributed by atoms with Gasteiger partial charge in [0.05, 0.1) is 33.8 Å². The number of allylic oxidation sites excluding steroid dienone is 2. The molecule has 0 unspecified atom stereocenters. The third-order valence-corrected chi connectivity index (χ3v) is 11.6. The Morgan fingerprint density at radius 3 is 2.37 bits per heavy atom. The second-order valence-electron chi connectivity index (χ2n) is 13.4. The Bertz CT molecular complexity index is 2230. The number of phenolic OH excluding ortho intramolecular Hbond substituents is 1. The van der Waals surface area contributed by atoms with E-state index in [9.17, 15) is 32.7 Å². The first kappa shape index (κ1) is 33.2. The number of benzene rings is 3. The molecule has 2 N–H and O–H groups in total. The van der Waals surface area contributed by atoms with Gasteiger partial charge >= 0.3 is 6.18 Å². The number of fused-ring (bicyclic) bond motifs is 5. The molecule has 1 aromatic heterocycles. The molecule has 14 heteroatoms. The zero-order valence-electron chi connectivity index (χ0n) is 26.6. The van der Waals surface area contributed by atoms with Crippen LogP contribution in [0, 0.1) is 23.7 Å². The van der Waals surface area contributed by atoms with E-state index in [0.717, 1.165) is 15.3 Å². The maximum atomic E-state index is 15.3. The van der Waals surface area contributed by atoms with E-state index in [1.54, 1.807) is 42.5 Å². The molecule has 0 radical (unpaired) electrons.